The fourth-order valence-electron chi connectivity index (χ4n) is 2.14. The van der Waals surface area contributed by atoms with E-state index in [2.05, 4.69) is 9.73 Å². The van der Waals surface area contributed by atoms with E-state index in [1.165, 1.54) is 19.1 Å². The Morgan fingerprint density at radius 3 is 2.60 bits per heavy atom. The van der Waals surface area contributed by atoms with Crippen LogP contribution in [0.25, 0.3) is 0 Å². The zero-order valence-electron chi connectivity index (χ0n) is 10.3. The molecule has 2 atom stereocenters. The van der Waals surface area contributed by atoms with Gasteiger partial charge < -0.3 is 10.5 Å². The summed E-state index contributed by atoms with van der Waals surface area (Å²) in [7, 11) is 0. The van der Waals surface area contributed by atoms with E-state index in [4.69, 9.17) is 5.73 Å². The van der Waals surface area contributed by atoms with Crippen LogP contribution in [0.5, 0.6) is 0 Å². The number of hydrogen-bond donors (Lipinski definition) is 1. The molecule has 0 radical (unpaired) electrons. The van der Waals surface area contributed by atoms with Crippen molar-refractivity contribution < 1.29 is 26.7 Å². The number of nitrogens with two attached hydrogens (primary N) is 1. The molecule has 1 aliphatic rings. The molecule has 8 heteroatoms. The molecule has 1 aromatic carbocycles. The largest absolute Gasteiger partial charge is 0.452 e. The van der Waals surface area contributed by atoms with Gasteiger partial charge in [-0.25, -0.2) is 13.8 Å². The summed E-state index contributed by atoms with van der Waals surface area (Å²) >= 11 is 0. The third kappa shape index (κ3) is 2.54. The minimum absolute atomic E-state index is 0.294. The monoisotopic (exact) mass is 294 g/mol. The third-order valence-corrected chi connectivity index (χ3v) is 3.10. The second-order valence-electron chi connectivity index (χ2n) is 4.68. The molecule has 2 N–H and O–H groups in total. The molecule has 0 spiro atoms. The SMILES string of the molecule is CC1(c2cccc(F)c2F)CC(C(F)(F)F)OC(N)=N1. The maximum atomic E-state index is 13.8. The number of benzene rings is 1. The van der Waals surface area contributed by atoms with E-state index in [1.807, 2.05) is 0 Å². The van der Waals surface area contributed by atoms with E-state index in [-0.39, 0.29) is 5.56 Å². The van der Waals surface area contributed by atoms with Crippen LogP contribution in [0.3, 0.4) is 0 Å². The summed E-state index contributed by atoms with van der Waals surface area (Å²) in [5, 5.41) is 0. The van der Waals surface area contributed by atoms with Crippen molar-refractivity contribution in [3.8, 4) is 0 Å². The van der Waals surface area contributed by atoms with Crippen LogP contribution in [-0.2, 0) is 10.3 Å². The number of rotatable bonds is 1. The topological polar surface area (TPSA) is 47.6 Å². The number of ether oxygens (including phenoxy) is 1. The number of amidine groups is 1. The molecule has 0 amide bonds. The predicted molar refractivity (Wildman–Crippen MR) is 60.9 cm³/mol. The van der Waals surface area contributed by atoms with Gasteiger partial charge in [0.15, 0.2) is 17.7 Å². The van der Waals surface area contributed by atoms with Gasteiger partial charge in [-0.05, 0) is 13.0 Å². The smallest absolute Gasteiger partial charge is 0.425 e. The minimum Gasteiger partial charge on any atom is -0.452 e. The van der Waals surface area contributed by atoms with Gasteiger partial charge in [-0.1, -0.05) is 12.1 Å². The Bertz CT molecular complexity index is 557. The quantitative estimate of drug-likeness (QED) is 0.810. The molecule has 20 heavy (non-hydrogen) atoms. The average molecular weight is 294 g/mol. The van der Waals surface area contributed by atoms with Gasteiger partial charge in [-0.3, -0.25) is 0 Å². The number of halogens is 5. The second-order valence-corrected chi connectivity index (χ2v) is 4.68. The number of alkyl halides is 3. The lowest BCUT2D eigenvalue weighted by molar-refractivity contribution is -0.208. The van der Waals surface area contributed by atoms with E-state index in [0.717, 1.165) is 6.07 Å². The summed E-state index contributed by atoms with van der Waals surface area (Å²) < 4.78 is 69.7. The van der Waals surface area contributed by atoms with Crippen molar-refractivity contribution in [3.05, 3.63) is 35.4 Å². The van der Waals surface area contributed by atoms with Crippen molar-refractivity contribution in [1.82, 2.24) is 0 Å². The summed E-state index contributed by atoms with van der Waals surface area (Å²) in [6.07, 6.45) is -7.57. The van der Waals surface area contributed by atoms with Crippen LogP contribution in [0.15, 0.2) is 23.2 Å². The van der Waals surface area contributed by atoms with Crippen LogP contribution in [0.4, 0.5) is 22.0 Å². The fourth-order valence-corrected chi connectivity index (χ4v) is 2.14. The van der Waals surface area contributed by atoms with Crippen molar-refractivity contribution in [2.45, 2.75) is 31.2 Å². The molecule has 1 heterocycles. The maximum Gasteiger partial charge on any atom is 0.425 e. The molecule has 2 rings (SSSR count). The van der Waals surface area contributed by atoms with Gasteiger partial charge in [0.25, 0.3) is 6.02 Å². The third-order valence-electron chi connectivity index (χ3n) is 3.10. The zero-order chi connectivity index (χ0) is 15.1. The van der Waals surface area contributed by atoms with Crippen LogP contribution < -0.4 is 5.73 Å². The first-order valence-electron chi connectivity index (χ1n) is 5.67. The molecule has 1 aliphatic heterocycles. The van der Waals surface area contributed by atoms with Crippen molar-refractivity contribution >= 4 is 6.02 Å². The predicted octanol–water partition coefficient (Wildman–Crippen LogP) is 2.85. The van der Waals surface area contributed by atoms with E-state index in [1.54, 1.807) is 0 Å². The van der Waals surface area contributed by atoms with Crippen LogP contribution in [0.1, 0.15) is 18.9 Å². The molecule has 0 bridgehead atoms. The first-order valence-corrected chi connectivity index (χ1v) is 5.67. The molecule has 0 aromatic heterocycles. The summed E-state index contributed by atoms with van der Waals surface area (Å²) in [6, 6.07) is 2.54. The van der Waals surface area contributed by atoms with Crippen molar-refractivity contribution in [2.24, 2.45) is 10.7 Å². The lowest BCUT2D eigenvalue weighted by Crippen LogP contribution is -2.46. The molecule has 0 fully saturated rings. The number of hydrogen-bond acceptors (Lipinski definition) is 3. The van der Waals surface area contributed by atoms with Gasteiger partial charge in [-0.15, -0.1) is 0 Å². The highest BCUT2D eigenvalue weighted by atomic mass is 19.4. The van der Waals surface area contributed by atoms with E-state index >= 15 is 0 Å². The van der Waals surface area contributed by atoms with Gasteiger partial charge in [0.2, 0.25) is 0 Å². The molecular weight excluding hydrogens is 283 g/mol. The van der Waals surface area contributed by atoms with E-state index < -0.39 is 41.9 Å². The van der Waals surface area contributed by atoms with Gasteiger partial charge in [0, 0.05) is 12.0 Å². The summed E-state index contributed by atoms with van der Waals surface area (Å²) in [6.45, 7) is 1.25. The summed E-state index contributed by atoms with van der Waals surface area (Å²) in [4.78, 5) is 3.72. The normalized spacial score (nSPS) is 26.9. The Hall–Kier alpha value is -1.86. The summed E-state index contributed by atoms with van der Waals surface area (Å²) in [5.41, 5.74) is 3.30. The average Bonchev–Trinajstić information content (AvgIpc) is 2.30. The van der Waals surface area contributed by atoms with Crippen LogP contribution in [-0.4, -0.2) is 18.3 Å². The number of nitrogens with zero attached hydrogens (tertiary/aromatic N) is 1. The Labute approximate surface area is 111 Å². The van der Waals surface area contributed by atoms with Crippen molar-refractivity contribution in [3.63, 3.8) is 0 Å². The van der Waals surface area contributed by atoms with Gasteiger partial charge >= 0.3 is 6.18 Å². The highest BCUT2D eigenvalue weighted by Gasteiger charge is 2.50. The lowest BCUT2D eigenvalue weighted by Gasteiger charge is -2.35. The molecule has 1 aromatic rings. The summed E-state index contributed by atoms with van der Waals surface area (Å²) in [5.74, 6) is -2.40. The van der Waals surface area contributed by atoms with Gasteiger partial charge in [0.1, 0.15) is 0 Å². The first kappa shape index (κ1) is 14.5. The van der Waals surface area contributed by atoms with Gasteiger partial charge in [0.05, 0.1) is 5.54 Å². The van der Waals surface area contributed by atoms with Crippen molar-refractivity contribution in [2.75, 3.05) is 0 Å². The Morgan fingerprint density at radius 1 is 1.35 bits per heavy atom. The minimum atomic E-state index is -4.67. The Kier molecular flexibility index (Phi) is 3.35. The fraction of sp³-hybridized carbons (Fsp3) is 0.417. The highest BCUT2D eigenvalue weighted by Crippen LogP contribution is 2.40. The second kappa shape index (κ2) is 4.60. The molecule has 3 nitrogen and oxygen atoms in total. The first-order chi connectivity index (χ1) is 9.13. The van der Waals surface area contributed by atoms with E-state index in [9.17, 15) is 22.0 Å². The lowest BCUT2D eigenvalue weighted by atomic mass is 9.85. The highest BCUT2D eigenvalue weighted by molar-refractivity contribution is 5.73. The van der Waals surface area contributed by atoms with Crippen LogP contribution in [0, 0.1) is 11.6 Å². The Balaban J connectivity index is 2.48. The van der Waals surface area contributed by atoms with Crippen LogP contribution in [0.2, 0.25) is 0 Å². The molecular formula is C12H11F5N2O. The standard InChI is InChI=1S/C12H11F5N2O/c1-11(6-3-2-4-7(13)9(6)14)5-8(12(15,16)17)20-10(18)19-11/h2-4,8H,5H2,1H3,(H2,18,19). The zero-order valence-corrected chi connectivity index (χ0v) is 10.3. The molecule has 0 saturated heterocycles. The molecule has 0 saturated carbocycles. The number of aliphatic imine (C=N–C) groups is 1. The molecule has 2 unspecified atom stereocenters. The molecule has 0 aliphatic carbocycles. The Morgan fingerprint density at radius 2 is 2.00 bits per heavy atom. The van der Waals surface area contributed by atoms with E-state index in [0.29, 0.717) is 0 Å². The van der Waals surface area contributed by atoms with Gasteiger partial charge in [-0.2, -0.15) is 13.2 Å². The van der Waals surface area contributed by atoms with Crippen molar-refractivity contribution in [1.29, 1.82) is 0 Å². The molecule has 110 valence electrons. The maximum absolute atomic E-state index is 13.8. The van der Waals surface area contributed by atoms with Crippen LogP contribution >= 0.6 is 0 Å².